The Labute approximate surface area is 138 Å². The van der Waals surface area contributed by atoms with Crippen molar-refractivity contribution in [2.75, 3.05) is 14.1 Å². The van der Waals surface area contributed by atoms with Gasteiger partial charge in [-0.05, 0) is 76.4 Å². The van der Waals surface area contributed by atoms with Crippen LogP contribution in [0.5, 0.6) is 0 Å². The fraction of sp³-hybridized carbons (Fsp3) is 0.647. The molecule has 0 spiro atoms. The molecule has 1 atom stereocenters. The topological polar surface area (TPSA) is 15.3 Å². The van der Waals surface area contributed by atoms with Gasteiger partial charge in [-0.1, -0.05) is 30.1 Å². The monoisotopic (exact) mass is 328 g/mol. The van der Waals surface area contributed by atoms with Crippen molar-refractivity contribution in [3.63, 3.8) is 0 Å². The third-order valence-electron chi connectivity index (χ3n) is 4.82. The van der Waals surface area contributed by atoms with E-state index in [1.165, 1.54) is 25.7 Å². The summed E-state index contributed by atoms with van der Waals surface area (Å²) in [5.74, 6) is 0.856. The van der Waals surface area contributed by atoms with E-state index in [4.69, 9.17) is 23.2 Å². The van der Waals surface area contributed by atoms with Gasteiger partial charge >= 0.3 is 0 Å². The van der Waals surface area contributed by atoms with E-state index in [-0.39, 0.29) is 5.66 Å². The molecule has 1 aliphatic rings. The molecule has 0 aromatic heterocycles. The molecule has 21 heavy (non-hydrogen) atoms. The Kier molecular flexibility index (Phi) is 5.59. The van der Waals surface area contributed by atoms with Crippen LogP contribution in [0.1, 0.15) is 45.1 Å². The lowest BCUT2D eigenvalue weighted by atomic mass is 9.86. The second-order valence-electron chi connectivity index (χ2n) is 6.73. The van der Waals surface area contributed by atoms with E-state index in [1.807, 2.05) is 12.1 Å². The second-order valence-corrected chi connectivity index (χ2v) is 7.60. The maximum Gasteiger partial charge on any atom is 0.0944 e. The van der Waals surface area contributed by atoms with Gasteiger partial charge in [-0.25, -0.2) is 0 Å². The highest BCUT2D eigenvalue weighted by Gasteiger charge is 2.33. The molecular weight excluding hydrogens is 303 g/mol. The van der Waals surface area contributed by atoms with Crippen LogP contribution in [0.25, 0.3) is 0 Å². The minimum Gasteiger partial charge on any atom is -0.293 e. The molecule has 1 aromatic rings. The van der Waals surface area contributed by atoms with Crippen molar-refractivity contribution in [1.29, 1.82) is 0 Å². The average Bonchev–Trinajstić information content (AvgIpc) is 2.40. The van der Waals surface area contributed by atoms with Crippen LogP contribution in [0.2, 0.25) is 10.0 Å². The van der Waals surface area contributed by atoms with Gasteiger partial charge in [-0.3, -0.25) is 10.2 Å². The molecule has 0 saturated heterocycles. The molecule has 0 heterocycles. The quantitative estimate of drug-likeness (QED) is 0.791. The van der Waals surface area contributed by atoms with Crippen molar-refractivity contribution in [1.82, 2.24) is 10.2 Å². The molecule has 1 saturated carbocycles. The Morgan fingerprint density at radius 2 is 1.57 bits per heavy atom. The first-order valence-electron chi connectivity index (χ1n) is 7.73. The fourth-order valence-corrected chi connectivity index (χ4v) is 3.63. The van der Waals surface area contributed by atoms with E-state index >= 15 is 0 Å². The van der Waals surface area contributed by atoms with Crippen LogP contribution in [-0.2, 0) is 5.66 Å². The molecule has 0 aliphatic heterocycles. The molecule has 1 aromatic carbocycles. The summed E-state index contributed by atoms with van der Waals surface area (Å²) in [6.45, 7) is 4.55. The first-order chi connectivity index (χ1) is 9.81. The lowest BCUT2D eigenvalue weighted by molar-refractivity contribution is 0.0960. The minimum atomic E-state index is -0.264. The van der Waals surface area contributed by atoms with Crippen molar-refractivity contribution in [2.24, 2.45) is 5.92 Å². The van der Waals surface area contributed by atoms with Gasteiger partial charge in [0.25, 0.3) is 0 Å². The number of hydrogen-bond donors (Lipinski definition) is 1. The summed E-state index contributed by atoms with van der Waals surface area (Å²) in [5.41, 5.74) is 0.850. The molecular formula is C17H26Cl2N2. The summed E-state index contributed by atoms with van der Waals surface area (Å²) in [6.07, 6.45) is 5.08. The average molecular weight is 329 g/mol. The van der Waals surface area contributed by atoms with Gasteiger partial charge in [-0.15, -0.1) is 0 Å². The first kappa shape index (κ1) is 17.1. The molecule has 0 bridgehead atoms. The normalized spacial score (nSPS) is 25.9. The van der Waals surface area contributed by atoms with Crippen molar-refractivity contribution < 1.29 is 0 Å². The van der Waals surface area contributed by atoms with E-state index in [2.05, 4.69) is 38.2 Å². The minimum absolute atomic E-state index is 0.264. The van der Waals surface area contributed by atoms with Crippen molar-refractivity contribution in [3.8, 4) is 0 Å². The van der Waals surface area contributed by atoms with E-state index in [0.29, 0.717) is 16.1 Å². The molecule has 4 heteroatoms. The zero-order valence-electron chi connectivity index (χ0n) is 13.4. The number of halogens is 2. The van der Waals surface area contributed by atoms with Crippen molar-refractivity contribution >= 4 is 23.2 Å². The summed E-state index contributed by atoms with van der Waals surface area (Å²) in [7, 11) is 4.18. The summed E-state index contributed by atoms with van der Waals surface area (Å²) in [6, 6.07) is 6.34. The molecule has 0 radical (unpaired) electrons. The largest absolute Gasteiger partial charge is 0.293 e. The van der Waals surface area contributed by atoms with Crippen LogP contribution in [0.15, 0.2) is 18.2 Å². The second kappa shape index (κ2) is 6.87. The summed E-state index contributed by atoms with van der Waals surface area (Å²) >= 11 is 12.4. The van der Waals surface area contributed by atoms with Crippen LogP contribution in [0, 0.1) is 5.92 Å². The van der Waals surface area contributed by atoms with Crippen molar-refractivity contribution in [2.45, 2.75) is 51.2 Å². The number of nitrogens with one attached hydrogen (secondary N) is 1. The van der Waals surface area contributed by atoms with E-state index < -0.39 is 0 Å². The predicted molar refractivity (Wildman–Crippen MR) is 92.1 cm³/mol. The van der Waals surface area contributed by atoms with Gasteiger partial charge in [0.15, 0.2) is 0 Å². The van der Waals surface area contributed by atoms with Gasteiger partial charge in [-0.2, -0.15) is 0 Å². The van der Waals surface area contributed by atoms with Gasteiger partial charge in [0, 0.05) is 16.1 Å². The zero-order chi connectivity index (χ0) is 15.6. The van der Waals surface area contributed by atoms with Crippen LogP contribution in [0.4, 0.5) is 0 Å². The Morgan fingerprint density at radius 1 is 1.05 bits per heavy atom. The highest BCUT2D eigenvalue weighted by Crippen LogP contribution is 2.32. The number of rotatable bonds is 4. The standard InChI is InChI=1S/C17H26Cl2N2/c1-12-5-7-16(8-6-12)20-17(2,21(3)4)13-9-14(18)11-15(19)10-13/h9-12,16,20H,5-8H2,1-4H3. The highest BCUT2D eigenvalue weighted by molar-refractivity contribution is 6.34. The SMILES string of the molecule is CC1CCC(NC(C)(c2cc(Cl)cc(Cl)c2)N(C)C)CC1. The third-order valence-corrected chi connectivity index (χ3v) is 5.26. The Bertz CT molecular complexity index is 461. The first-order valence-corrected chi connectivity index (χ1v) is 8.48. The smallest absolute Gasteiger partial charge is 0.0944 e. The van der Waals surface area contributed by atoms with Crippen molar-refractivity contribution in [3.05, 3.63) is 33.8 Å². The molecule has 2 rings (SSSR count). The molecule has 1 fully saturated rings. The van der Waals surface area contributed by atoms with E-state index in [1.54, 1.807) is 6.07 Å². The van der Waals surface area contributed by atoms with Gasteiger partial charge in [0.05, 0.1) is 5.66 Å². The highest BCUT2D eigenvalue weighted by atomic mass is 35.5. The number of hydrogen-bond acceptors (Lipinski definition) is 2. The summed E-state index contributed by atoms with van der Waals surface area (Å²) in [5, 5.41) is 5.20. The Morgan fingerprint density at radius 3 is 2.05 bits per heavy atom. The van der Waals surface area contributed by atoms with Crippen LogP contribution in [-0.4, -0.2) is 25.0 Å². The number of benzene rings is 1. The molecule has 1 N–H and O–H groups in total. The van der Waals surface area contributed by atoms with Crippen LogP contribution < -0.4 is 5.32 Å². The Hall–Kier alpha value is -0.280. The maximum absolute atomic E-state index is 6.19. The molecule has 1 unspecified atom stereocenters. The van der Waals surface area contributed by atoms with Crippen LogP contribution >= 0.6 is 23.2 Å². The Balaban J connectivity index is 2.23. The molecule has 2 nitrogen and oxygen atoms in total. The van der Waals surface area contributed by atoms with E-state index in [0.717, 1.165) is 11.5 Å². The molecule has 1 aliphatic carbocycles. The van der Waals surface area contributed by atoms with Gasteiger partial charge in [0.1, 0.15) is 0 Å². The maximum atomic E-state index is 6.19. The molecule has 118 valence electrons. The van der Waals surface area contributed by atoms with Gasteiger partial charge in [0.2, 0.25) is 0 Å². The van der Waals surface area contributed by atoms with E-state index in [9.17, 15) is 0 Å². The lowest BCUT2D eigenvalue weighted by Gasteiger charge is -2.42. The van der Waals surface area contributed by atoms with Crippen LogP contribution in [0.3, 0.4) is 0 Å². The zero-order valence-corrected chi connectivity index (χ0v) is 14.9. The summed E-state index contributed by atoms with van der Waals surface area (Å²) < 4.78 is 0. The molecule has 0 amide bonds. The number of nitrogens with zero attached hydrogens (tertiary/aromatic N) is 1. The fourth-order valence-electron chi connectivity index (χ4n) is 3.11. The lowest BCUT2D eigenvalue weighted by Crippen LogP contribution is -2.55. The third kappa shape index (κ3) is 4.13. The predicted octanol–water partition coefficient (Wildman–Crippen LogP) is 4.90. The summed E-state index contributed by atoms with van der Waals surface area (Å²) in [4.78, 5) is 2.20. The van der Waals surface area contributed by atoms with Gasteiger partial charge < -0.3 is 0 Å².